The molecular weight excluding hydrogens is 252 g/mol. The second-order valence-electron chi connectivity index (χ2n) is 3.96. The van der Waals surface area contributed by atoms with Gasteiger partial charge in [-0.25, -0.2) is 19.9 Å². The number of aromatic nitrogens is 5. The summed E-state index contributed by atoms with van der Waals surface area (Å²) in [5, 5.41) is 7.47. The van der Waals surface area contributed by atoms with Crippen LogP contribution in [0.15, 0.2) is 27.5 Å². The van der Waals surface area contributed by atoms with Crippen molar-refractivity contribution in [3.05, 3.63) is 28.4 Å². The fraction of sp³-hybridized carbons (Fsp3) is 0.400. The van der Waals surface area contributed by atoms with Crippen molar-refractivity contribution in [2.24, 2.45) is 5.73 Å². The Labute approximate surface area is 108 Å². The number of hydrogen-bond donors (Lipinski definition) is 2. The zero-order valence-corrected chi connectivity index (χ0v) is 10.9. The Kier molecular flexibility index (Phi) is 3.78. The van der Waals surface area contributed by atoms with E-state index >= 15 is 0 Å². The molecule has 0 aliphatic carbocycles. The third-order valence-corrected chi connectivity index (χ3v) is 3.15. The molecule has 0 atom stereocenters. The number of nitrogens with zero attached hydrogens (tertiary/aromatic N) is 4. The van der Waals surface area contributed by atoms with Gasteiger partial charge in [-0.3, -0.25) is 4.57 Å². The highest BCUT2D eigenvalue weighted by molar-refractivity contribution is 7.99. The first kappa shape index (κ1) is 12.8. The second-order valence-corrected chi connectivity index (χ2v) is 4.89. The molecule has 2 rings (SSSR count). The summed E-state index contributed by atoms with van der Waals surface area (Å²) in [6, 6.07) is 0.0297. The van der Waals surface area contributed by atoms with E-state index in [1.54, 1.807) is 17.0 Å². The Hall–Kier alpha value is -1.67. The molecule has 3 N–H and O–H groups in total. The topological polar surface area (TPSA) is 102 Å². The van der Waals surface area contributed by atoms with Crippen molar-refractivity contribution in [3.63, 3.8) is 0 Å². The highest BCUT2D eigenvalue weighted by atomic mass is 32.2. The Bertz CT molecular complexity index is 573. The molecule has 0 aromatic carbocycles. The van der Waals surface area contributed by atoms with E-state index in [1.165, 1.54) is 11.8 Å². The summed E-state index contributed by atoms with van der Waals surface area (Å²) in [5.74, 6) is 0. The van der Waals surface area contributed by atoms with Crippen LogP contribution >= 0.6 is 11.8 Å². The van der Waals surface area contributed by atoms with Gasteiger partial charge in [0.25, 0.3) is 0 Å². The molecule has 2 aromatic rings. The van der Waals surface area contributed by atoms with E-state index in [1.807, 2.05) is 13.8 Å². The lowest BCUT2D eigenvalue weighted by Gasteiger charge is -2.07. The minimum Gasteiger partial charge on any atom is -0.326 e. The highest BCUT2D eigenvalue weighted by Crippen LogP contribution is 2.22. The lowest BCUT2D eigenvalue weighted by Crippen LogP contribution is -2.19. The van der Waals surface area contributed by atoms with E-state index in [-0.39, 0.29) is 11.7 Å². The molecule has 96 valence electrons. The molecule has 0 saturated heterocycles. The van der Waals surface area contributed by atoms with Crippen LogP contribution in [-0.2, 0) is 6.54 Å². The Morgan fingerprint density at radius 3 is 2.67 bits per heavy atom. The molecule has 0 bridgehead atoms. The fourth-order valence-corrected chi connectivity index (χ4v) is 2.26. The van der Waals surface area contributed by atoms with Crippen molar-refractivity contribution < 1.29 is 0 Å². The van der Waals surface area contributed by atoms with Crippen molar-refractivity contribution in [3.8, 4) is 0 Å². The van der Waals surface area contributed by atoms with E-state index in [0.717, 1.165) is 5.56 Å². The third kappa shape index (κ3) is 2.59. The largest absolute Gasteiger partial charge is 0.344 e. The number of nitrogens with two attached hydrogens (primary N) is 1. The summed E-state index contributed by atoms with van der Waals surface area (Å²) < 4.78 is 1.56. The van der Waals surface area contributed by atoms with Gasteiger partial charge in [0.1, 0.15) is 0 Å². The normalized spacial score (nSPS) is 11.1. The molecular formula is C10H14N6OS. The number of rotatable bonds is 4. The Morgan fingerprint density at radius 1 is 1.44 bits per heavy atom. The van der Waals surface area contributed by atoms with Gasteiger partial charge < -0.3 is 5.73 Å². The lowest BCUT2D eigenvalue weighted by molar-refractivity contribution is 0.533. The van der Waals surface area contributed by atoms with Crippen LogP contribution in [0.3, 0.4) is 0 Å². The zero-order chi connectivity index (χ0) is 13.1. The fourth-order valence-electron chi connectivity index (χ4n) is 1.40. The molecule has 18 heavy (non-hydrogen) atoms. The monoisotopic (exact) mass is 266 g/mol. The summed E-state index contributed by atoms with van der Waals surface area (Å²) in [6.07, 6.45) is 3.33. The SMILES string of the molecule is CC(C)n1c(Sc2ncc(CN)cn2)n[nH]c1=O. The van der Waals surface area contributed by atoms with Crippen molar-refractivity contribution in [1.82, 2.24) is 24.7 Å². The first-order valence-corrected chi connectivity index (χ1v) is 6.29. The van der Waals surface area contributed by atoms with Crippen molar-refractivity contribution in [2.75, 3.05) is 0 Å². The van der Waals surface area contributed by atoms with Crippen LogP contribution in [0.5, 0.6) is 0 Å². The number of nitrogens with one attached hydrogen (secondary N) is 1. The van der Waals surface area contributed by atoms with Gasteiger partial charge in [-0.15, -0.1) is 5.10 Å². The standard InChI is InChI=1S/C10H14N6OS/c1-6(2)16-9(17)14-15-10(16)18-8-12-4-7(3-11)5-13-8/h4-6H,3,11H2,1-2H3,(H,14,17). The molecule has 0 aliphatic heterocycles. The van der Waals surface area contributed by atoms with Crippen molar-refractivity contribution in [1.29, 1.82) is 0 Å². The van der Waals surface area contributed by atoms with E-state index in [9.17, 15) is 4.79 Å². The van der Waals surface area contributed by atoms with Gasteiger partial charge in [0.05, 0.1) is 0 Å². The molecule has 0 amide bonds. The maximum absolute atomic E-state index is 11.5. The number of H-pyrrole nitrogens is 1. The van der Waals surface area contributed by atoms with E-state index in [4.69, 9.17) is 5.73 Å². The smallest absolute Gasteiger partial charge is 0.326 e. The summed E-state index contributed by atoms with van der Waals surface area (Å²) in [5.41, 5.74) is 6.10. The summed E-state index contributed by atoms with van der Waals surface area (Å²) in [6.45, 7) is 4.24. The molecule has 2 aromatic heterocycles. The average Bonchev–Trinajstić information content (AvgIpc) is 2.71. The summed E-state index contributed by atoms with van der Waals surface area (Å²) >= 11 is 1.24. The summed E-state index contributed by atoms with van der Waals surface area (Å²) in [4.78, 5) is 19.9. The molecule has 2 heterocycles. The van der Waals surface area contributed by atoms with Gasteiger partial charge in [-0.2, -0.15) is 0 Å². The van der Waals surface area contributed by atoms with Gasteiger partial charge in [-0.05, 0) is 25.6 Å². The highest BCUT2D eigenvalue weighted by Gasteiger charge is 2.13. The van der Waals surface area contributed by atoms with E-state index in [2.05, 4.69) is 20.2 Å². The number of hydrogen-bond acceptors (Lipinski definition) is 6. The molecule has 8 heteroatoms. The van der Waals surface area contributed by atoms with Crippen LogP contribution in [0, 0.1) is 0 Å². The van der Waals surface area contributed by atoms with E-state index < -0.39 is 0 Å². The van der Waals surface area contributed by atoms with Crippen molar-refractivity contribution >= 4 is 11.8 Å². The summed E-state index contributed by atoms with van der Waals surface area (Å²) in [7, 11) is 0. The van der Waals surface area contributed by atoms with Crippen LogP contribution in [0.1, 0.15) is 25.5 Å². The maximum Gasteiger partial charge on any atom is 0.344 e. The molecule has 0 unspecified atom stereocenters. The van der Waals surface area contributed by atoms with Crippen molar-refractivity contribution in [2.45, 2.75) is 36.7 Å². The second kappa shape index (κ2) is 5.32. The van der Waals surface area contributed by atoms with Crippen LogP contribution in [0.2, 0.25) is 0 Å². The molecule has 0 radical (unpaired) electrons. The first-order valence-electron chi connectivity index (χ1n) is 5.47. The number of aromatic amines is 1. The van der Waals surface area contributed by atoms with Gasteiger partial charge in [0.2, 0.25) is 0 Å². The molecule has 0 fully saturated rings. The van der Waals surface area contributed by atoms with Gasteiger partial charge in [0.15, 0.2) is 10.3 Å². The lowest BCUT2D eigenvalue weighted by atomic mass is 10.4. The minimum atomic E-state index is -0.230. The van der Waals surface area contributed by atoms with Crippen LogP contribution < -0.4 is 11.4 Å². The van der Waals surface area contributed by atoms with E-state index in [0.29, 0.717) is 16.9 Å². The predicted octanol–water partition coefficient (Wildman–Crippen LogP) is 0.552. The van der Waals surface area contributed by atoms with Crippen LogP contribution in [-0.4, -0.2) is 24.7 Å². The van der Waals surface area contributed by atoms with Crippen LogP contribution in [0.4, 0.5) is 0 Å². The quantitative estimate of drug-likeness (QED) is 0.783. The predicted molar refractivity (Wildman–Crippen MR) is 67.3 cm³/mol. The molecule has 7 nitrogen and oxygen atoms in total. The Morgan fingerprint density at radius 2 is 2.11 bits per heavy atom. The average molecular weight is 266 g/mol. The van der Waals surface area contributed by atoms with Gasteiger partial charge in [-0.1, -0.05) is 0 Å². The first-order chi connectivity index (χ1) is 8.61. The minimum absolute atomic E-state index is 0.0297. The molecule has 0 saturated carbocycles. The van der Waals surface area contributed by atoms with Gasteiger partial charge in [0, 0.05) is 30.5 Å². The van der Waals surface area contributed by atoms with Gasteiger partial charge >= 0.3 is 5.69 Å². The Balaban J connectivity index is 2.25. The molecule has 0 aliphatic rings. The van der Waals surface area contributed by atoms with Crippen LogP contribution in [0.25, 0.3) is 0 Å². The third-order valence-electron chi connectivity index (χ3n) is 2.29. The zero-order valence-electron chi connectivity index (χ0n) is 10.1. The maximum atomic E-state index is 11.5. The molecule has 0 spiro atoms.